The van der Waals surface area contributed by atoms with Gasteiger partial charge in [-0.15, -0.1) is 0 Å². The number of ether oxygens (including phenoxy) is 2. The maximum Gasteiger partial charge on any atom is 0.339 e. The number of aromatic nitrogens is 2. The van der Waals surface area contributed by atoms with E-state index in [1.807, 2.05) is 76.2 Å². The molecular weight excluding hydrogens is 466 g/mol. The number of rotatable bonds is 8. The van der Waals surface area contributed by atoms with Crippen LogP contribution in [0.5, 0.6) is 0 Å². The molecule has 0 amide bonds. The first-order valence-corrected chi connectivity index (χ1v) is 13.1. The second kappa shape index (κ2) is 11.3. The van der Waals surface area contributed by atoms with Crippen molar-refractivity contribution in [2.24, 2.45) is 0 Å². The van der Waals surface area contributed by atoms with Crippen LogP contribution in [0.15, 0.2) is 48.5 Å². The number of imidazole rings is 1. The highest BCUT2D eigenvalue weighted by Crippen LogP contribution is 2.30. The number of hydrogen-bond donors (Lipinski definition) is 1. The highest BCUT2D eigenvalue weighted by atomic mass is 16.6. The summed E-state index contributed by atoms with van der Waals surface area (Å²) in [7, 11) is 0. The van der Waals surface area contributed by atoms with Crippen LogP contribution in [0.3, 0.4) is 0 Å². The molecule has 4 rings (SSSR count). The Morgan fingerprint density at radius 3 is 2.54 bits per heavy atom. The average molecular weight is 504 g/mol. The number of aryl methyl sites for hydroxylation is 1. The maximum atomic E-state index is 13.3. The molecular formula is C30H37N3O4. The standard InChI is InChI=1S/C30H37N3O4/c1-6-11-25-32-24-16-17-31-26(29(35)36-7-2)27(24)33(25)19-20-14-15-22(21-12-9-8-10-13-21)23(18-20)28(34)37-30(3,4)5/h8-10,12-15,18,26,31H,6-7,11,16-17,19H2,1-5H3. The molecule has 0 bridgehead atoms. The van der Waals surface area contributed by atoms with E-state index >= 15 is 0 Å². The Morgan fingerprint density at radius 1 is 1.11 bits per heavy atom. The predicted molar refractivity (Wildman–Crippen MR) is 143 cm³/mol. The van der Waals surface area contributed by atoms with Crippen molar-refractivity contribution < 1.29 is 19.1 Å². The van der Waals surface area contributed by atoms with Crippen LogP contribution in [0.2, 0.25) is 0 Å². The third kappa shape index (κ3) is 6.10. The molecule has 0 saturated carbocycles. The summed E-state index contributed by atoms with van der Waals surface area (Å²) in [5, 5.41) is 3.32. The molecule has 2 heterocycles. The van der Waals surface area contributed by atoms with Crippen LogP contribution in [-0.4, -0.2) is 40.2 Å². The molecule has 196 valence electrons. The van der Waals surface area contributed by atoms with E-state index in [1.165, 1.54) is 0 Å². The molecule has 1 N–H and O–H groups in total. The summed E-state index contributed by atoms with van der Waals surface area (Å²) in [6, 6.07) is 15.2. The summed E-state index contributed by atoms with van der Waals surface area (Å²) >= 11 is 0. The lowest BCUT2D eigenvalue weighted by atomic mass is 9.97. The molecule has 1 unspecified atom stereocenters. The normalized spacial score (nSPS) is 15.2. The van der Waals surface area contributed by atoms with Crippen molar-refractivity contribution in [3.05, 3.63) is 76.9 Å². The Balaban J connectivity index is 1.78. The summed E-state index contributed by atoms with van der Waals surface area (Å²) < 4.78 is 13.3. The number of carbonyl (C=O) groups is 2. The van der Waals surface area contributed by atoms with Crippen molar-refractivity contribution in [1.82, 2.24) is 14.9 Å². The van der Waals surface area contributed by atoms with Gasteiger partial charge in [-0.25, -0.2) is 14.6 Å². The third-order valence-electron chi connectivity index (χ3n) is 6.27. The van der Waals surface area contributed by atoms with Gasteiger partial charge in [0.25, 0.3) is 0 Å². The number of esters is 2. The van der Waals surface area contributed by atoms with Gasteiger partial charge >= 0.3 is 11.9 Å². The van der Waals surface area contributed by atoms with Gasteiger partial charge in [0.2, 0.25) is 0 Å². The summed E-state index contributed by atoms with van der Waals surface area (Å²) in [5.41, 5.74) is 4.42. The van der Waals surface area contributed by atoms with Crippen molar-refractivity contribution in [2.45, 2.75) is 72.1 Å². The Kier molecular flexibility index (Phi) is 8.13. The smallest absolute Gasteiger partial charge is 0.339 e. The molecule has 0 spiro atoms. The first-order valence-electron chi connectivity index (χ1n) is 13.1. The fraction of sp³-hybridized carbons (Fsp3) is 0.433. The van der Waals surface area contributed by atoms with Crippen LogP contribution in [0.1, 0.15) is 80.2 Å². The summed E-state index contributed by atoms with van der Waals surface area (Å²) in [5.74, 6) is 0.290. The highest BCUT2D eigenvalue weighted by molar-refractivity contribution is 5.97. The lowest BCUT2D eigenvalue weighted by Crippen LogP contribution is -2.37. The van der Waals surface area contributed by atoms with Crippen LogP contribution in [0, 0.1) is 0 Å². The van der Waals surface area contributed by atoms with Crippen LogP contribution in [0.4, 0.5) is 0 Å². The lowest BCUT2D eigenvalue weighted by Gasteiger charge is -2.25. The second-order valence-electron chi connectivity index (χ2n) is 10.3. The number of nitrogens with one attached hydrogen (secondary N) is 1. The van der Waals surface area contributed by atoms with Crippen LogP contribution >= 0.6 is 0 Å². The fourth-order valence-corrected chi connectivity index (χ4v) is 4.76. The zero-order valence-corrected chi connectivity index (χ0v) is 22.5. The van der Waals surface area contributed by atoms with Crippen LogP contribution in [-0.2, 0) is 33.7 Å². The molecule has 0 radical (unpaired) electrons. The zero-order chi connectivity index (χ0) is 26.6. The van der Waals surface area contributed by atoms with E-state index in [0.717, 1.165) is 53.2 Å². The van der Waals surface area contributed by atoms with Crippen molar-refractivity contribution >= 4 is 11.9 Å². The van der Waals surface area contributed by atoms with E-state index in [2.05, 4.69) is 16.8 Å². The number of carbonyl (C=O) groups excluding carboxylic acids is 2. The molecule has 1 aliphatic rings. The van der Waals surface area contributed by atoms with Gasteiger partial charge in [-0.2, -0.15) is 0 Å². The zero-order valence-electron chi connectivity index (χ0n) is 22.5. The lowest BCUT2D eigenvalue weighted by molar-refractivity contribution is -0.146. The molecule has 7 heteroatoms. The average Bonchev–Trinajstić information content (AvgIpc) is 3.21. The van der Waals surface area contributed by atoms with Crippen LogP contribution in [0.25, 0.3) is 11.1 Å². The molecule has 0 aliphatic carbocycles. The van der Waals surface area contributed by atoms with Crippen molar-refractivity contribution in [3.63, 3.8) is 0 Å². The quantitative estimate of drug-likeness (QED) is 0.423. The van der Waals surface area contributed by atoms with E-state index in [0.29, 0.717) is 25.3 Å². The van der Waals surface area contributed by atoms with Gasteiger partial charge in [0.1, 0.15) is 17.5 Å². The topological polar surface area (TPSA) is 82.5 Å². The Bertz CT molecular complexity index is 1260. The molecule has 2 aromatic carbocycles. The maximum absolute atomic E-state index is 13.3. The molecule has 0 saturated heterocycles. The van der Waals surface area contributed by atoms with Gasteiger partial charge < -0.3 is 14.0 Å². The first-order chi connectivity index (χ1) is 17.7. The van der Waals surface area contributed by atoms with Crippen LogP contribution < -0.4 is 5.32 Å². The second-order valence-corrected chi connectivity index (χ2v) is 10.3. The third-order valence-corrected chi connectivity index (χ3v) is 6.27. The van der Waals surface area contributed by atoms with Crippen molar-refractivity contribution in [1.29, 1.82) is 0 Å². The molecule has 3 aromatic rings. The van der Waals surface area contributed by atoms with E-state index < -0.39 is 11.6 Å². The molecule has 7 nitrogen and oxygen atoms in total. The van der Waals surface area contributed by atoms with Gasteiger partial charge in [0.15, 0.2) is 0 Å². The largest absolute Gasteiger partial charge is 0.465 e. The van der Waals surface area contributed by atoms with E-state index in [-0.39, 0.29) is 11.9 Å². The van der Waals surface area contributed by atoms with Crippen molar-refractivity contribution in [2.75, 3.05) is 13.2 Å². The Morgan fingerprint density at radius 2 is 1.86 bits per heavy atom. The Labute approximate surface area is 219 Å². The van der Waals surface area contributed by atoms with Gasteiger partial charge in [-0.3, -0.25) is 5.32 Å². The number of hydrogen-bond acceptors (Lipinski definition) is 6. The Hall–Kier alpha value is -3.45. The molecule has 0 fully saturated rings. The minimum atomic E-state index is -0.614. The molecule has 1 aliphatic heterocycles. The number of benzene rings is 2. The number of nitrogens with zero attached hydrogens (tertiary/aromatic N) is 2. The summed E-state index contributed by atoms with van der Waals surface area (Å²) in [4.78, 5) is 31.1. The van der Waals surface area contributed by atoms with Gasteiger partial charge in [-0.05, 0) is 56.9 Å². The fourth-order valence-electron chi connectivity index (χ4n) is 4.76. The molecule has 1 atom stereocenters. The first kappa shape index (κ1) is 26.6. The van der Waals surface area contributed by atoms with E-state index in [9.17, 15) is 9.59 Å². The van der Waals surface area contributed by atoms with Gasteiger partial charge in [0, 0.05) is 25.9 Å². The molecule has 37 heavy (non-hydrogen) atoms. The monoisotopic (exact) mass is 503 g/mol. The highest BCUT2D eigenvalue weighted by Gasteiger charge is 2.33. The molecule has 1 aromatic heterocycles. The SMILES string of the molecule is CCCc1nc2c(n1Cc1ccc(-c3ccccc3)c(C(=O)OC(C)(C)C)c1)C(C(=O)OCC)NCC2. The predicted octanol–water partition coefficient (Wildman–Crippen LogP) is 5.26. The van der Waals surface area contributed by atoms with Gasteiger partial charge in [-0.1, -0.05) is 49.4 Å². The summed E-state index contributed by atoms with van der Waals surface area (Å²) in [6.07, 6.45) is 2.48. The minimum Gasteiger partial charge on any atom is -0.465 e. The minimum absolute atomic E-state index is 0.290. The van der Waals surface area contributed by atoms with E-state index in [4.69, 9.17) is 14.5 Å². The van der Waals surface area contributed by atoms with E-state index in [1.54, 1.807) is 0 Å². The van der Waals surface area contributed by atoms with Crippen molar-refractivity contribution in [3.8, 4) is 11.1 Å². The summed E-state index contributed by atoms with van der Waals surface area (Å²) in [6.45, 7) is 11.0. The van der Waals surface area contributed by atoms with Gasteiger partial charge in [0.05, 0.1) is 23.6 Å². The number of fused-ring (bicyclic) bond motifs is 1.